The van der Waals surface area contributed by atoms with Gasteiger partial charge in [0.1, 0.15) is 72.2 Å². The highest BCUT2D eigenvalue weighted by molar-refractivity contribution is 6.00. The third-order valence-electron chi connectivity index (χ3n) is 22.1. The number of aliphatic hydroxyl groups excluding tert-OH is 3. The Hall–Kier alpha value is -11.2. The Morgan fingerprint density at radius 1 is 0.581 bits per heavy atom. The number of Topliss-reactive ketones (excluding diaryl/α,β-unsaturated/α-hetero) is 1. The summed E-state index contributed by atoms with van der Waals surface area (Å²) < 4.78 is 0. The number of para-hydroxylation sites is 1. The highest BCUT2D eigenvalue weighted by Gasteiger charge is 2.44. The van der Waals surface area contributed by atoms with Crippen molar-refractivity contribution < 1.29 is 87.2 Å². The van der Waals surface area contributed by atoms with E-state index in [1.54, 1.807) is 49.5 Å². The lowest BCUT2D eigenvalue weighted by Gasteiger charge is -2.31. The number of carbonyl (C=O) groups is 15. The monoisotopic (exact) mass is 1740 g/mol. The van der Waals surface area contributed by atoms with Crippen LogP contribution in [-0.2, 0) is 84.8 Å². The summed E-state index contributed by atoms with van der Waals surface area (Å²) in [5.41, 5.74) is 18.8. The number of nitrogens with two attached hydrogens (primary N) is 3. The molecule has 6 rings (SSSR count). The van der Waals surface area contributed by atoms with Crippen LogP contribution in [0, 0.1) is 5.41 Å². The van der Waals surface area contributed by atoms with Gasteiger partial charge in [0.25, 0.3) is 0 Å². The summed E-state index contributed by atoms with van der Waals surface area (Å²) in [5.74, 6) is -13.6. The summed E-state index contributed by atoms with van der Waals surface area (Å²) in [5, 5.41) is 78.0. The molecule has 124 heavy (non-hydrogen) atoms. The van der Waals surface area contributed by atoms with Crippen molar-refractivity contribution in [3.8, 4) is 0 Å². The lowest BCUT2D eigenvalue weighted by Crippen LogP contribution is -2.61. The van der Waals surface area contributed by atoms with Gasteiger partial charge in [-0.15, -0.1) is 0 Å². The average Bonchev–Trinajstić information content (AvgIpc) is 1.66. The maximum Gasteiger partial charge on any atom is 0.245 e. The Balaban J connectivity index is 1.19. The van der Waals surface area contributed by atoms with Gasteiger partial charge >= 0.3 is 0 Å². The summed E-state index contributed by atoms with van der Waals surface area (Å²) in [6, 6.07) is -2.20. The van der Waals surface area contributed by atoms with Gasteiger partial charge in [0.2, 0.25) is 82.7 Å². The number of unbranched alkanes of at least 4 members (excludes halogenated alkanes) is 13. The molecule has 2 aromatic carbocycles. The van der Waals surface area contributed by atoms with Crippen LogP contribution in [0.25, 0.3) is 10.9 Å². The molecule has 39 heteroatoms. The molecule has 39 nitrogen and oxygen atoms in total. The van der Waals surface area contributed by atoms with Crippen molar-refractivity contribution >= 4 is 112 Å². The molecule has 0 radical (unpaired) electrons. The van der Waals surface area contributed by atoms with Crippen LogP contribution in [0.3, 0.4) is 0 Å². The maximum atomic E-state index is 15.3. The van der Waals surface area contributed by atoms with Gasteiger partial charge in [0, 0.05) is 94.6 Å². The average molecular weight is 1740 g/mol. The van der Waals surface area contributed by atoms with E-state index in [0.717, 1.165) is 41.5 Å². The number of guanidine groups is 1. The van der Waals surface area contributed by atoms with Gasteiger partial charge in [-0.1, -0.05) is 152 Å². The number of carbonyl (C=O) groups excluding carboxylic acids is 15. The molecule has 686 valence electrons. The van der Waals surface area contributed by atoms with E-state index in [1.165, 1.54) is 57.7 Å². The third-order valence-corrected chi connectivity index (χ3v) is 22.1. The highest BCUT2D eigenvalue weighted by atomic mass is 16.3. The molecule has 0 aliphatic carbocycles. The van der Waals surface area contributed by atoms with E-state index in [4.69, 9.17) is 22.6 Å². The topological polar surface area (TPSA) is 618 Å². The van der Waals surface area contributed by atoms with Gasteiger partial charge < -0.3 is 117 Å². The number of primary amides is 2. The number of fused-ring (bicyclic) bond motifs is 2. The molecule has 0 bridgehead atoms. The largest absolute Gasteiger partial charge is 0.394 e. The molecule has 3 aliphatic heterocycles. The van der Waals surface area contributed by atoms with Gasteiger partial charge in [-0.3, -0.25) is 82.3 Å². The lowest BCUT2D eigenvalue weighted by molar-refractivity contribution is -0.143. The van der Waals surface area contributed by atoms with Crippen LogP contribution >= 0.6 is 0 Å². The van der Waals surface area contributed by atoms with E-state index in [1.807, 2.05) is 18.2 Å². The van der Waals surface area contributed by atoms with Crippen LogP contribution in [0.4, 0.5) is 0 Å². The van der Waals surface area contributed by atoms with Crippen LogP contribution in [0.5, 0.6) is 0 Å². The summed E-state index contributed by atoms with van der Waals surface area (Å²) in [6.07, 6.45) is 15.0. The van der Waals surface area contributed by atoms with Crippen molar-refractivity contribution in [2.75, 3.05) is 52.5 Å². The van der Waals surface area contributed by atoms with Crippen LogP contribution in [0.1, 0.15) is 211 Å². The Bertz CT molecular complexity index is 4020. The van der Waals surface area contributed by atoms with Crippen molar-refractivity contribution in [2.24, 2.45) is 22.2 Å². The van der Waals surface area contributed by atoms with Gasteiger partial charge in [0.15, 0.2) is 5.96 Å². The predicted octanol–water partition coefficient (Wildman–Crippen LogP) is -1.55. The quantitative estimate of drug-likeness (QED) is 0.0173. The molecule has 0 spiro atoms. The molecule has 14 amide bonds. The van der Waals surface area contributed by atoms with Crippen molar-refractivity contribution in [3.63, 3.8) is 0 Å². The van der Waals surface area contributed by atoms with Gasteiger partial charge in [-0.25, -0.2) is 0 Å². The van der Waals surface area contributed by atoms with E-state index in [-0.39, 0.29) is 102 Å². The number of hydrogen-bond donors (Lipinski definition) is 22. The molecule has 2 fully saturated rings. The second-order valence-electron chi connectivity index (χ2n) is 32.1. The molecule has 0 saturated carbocycles. The summed E-state index contributed by atoms with van der Waals surface area (Å²) in [4.78, 5) is 220. The fraction of sp³-hybridized carbons (Fsp3) is 0.635. The number of benzene rings is 2. The molecule has 3 aliphatic rings. The zero-order valence-electron chi connectivity index (χ0n) is 71.5. The first-order valence-corrected chi connectivity index (χ1v) is 43.8. The van der Waals surface area contributed by atoms with Crippen molar-refractivity contribution in [1.29, 1.82) is 5.41 Å². The summed E-state index contributed by atoms with van der Waals surface area (Å²) >= 11 is 0. The normalized spacial score (nSPS) is 20.8. The first-order valence-electron chi connectivity index (χ1n) is 43.8. The Morgan fingerprint density at radius 3 is 1.81 bits per heavy atom. The smallest absolute Gasteiger partial charge is 0.245 e. The Morgan fingerprint density at radius 2 is 1.16 bits per heavy atom. The summed E-state index contributed by atoms with van der Waals surface area (Å²) in [7, 11) is 0. The molecule has 2 saturated heterocycles. The summed E-state index contributed by atoms with van der Waals surface area (Å²) in [6.45, 7) is 1.53. The van der Waals surface area contributed by atoms with E-state index in [0.29, 0.717) is 43.4 Å². The fourth-order valence-electron chi connectivity index (χ4n) is 14.9. The zero-order chi connectivity index (χ0) is 90.3. The number of nitrogens with one attached hydrogen (secondary N) is 16. The molecular formula is C85H133N21O18. The van der Waals surface area contributed by atoms with E-state index in [2.05, 4.69) is 91.3 Å². The van der Waals surface area contributed by atoms with Crippen LogP contribution in [0.2, 0.25) is 0 Å². The number of ketones is 1. The van der Waals surface area contributed by atoms with Crippen LogP contribution in [0.15, 0.2) is 65.8 Å². The van der Waals surface area contributed by atoms with Crippen molar-refractivity contribution in [2.45, 2.75) is 291 Å². The number of nitrogens with zero attached hydrogens (tertiary/aromatic N) is 2. The lowest BCUT2D eigenvalue weighted by atomic mass is 10.0. The number of aromatic nitrogens is 1. The van der Waals surface area contributed by atoms with Gasteiger partial charge in [-0.2, -0.15) is 0 Å². The Kier molecular flexibility index (Phi) is 45.8. The Labute approximate surface area is 723 Å². The SMILES string of the molecule is CCCCCCCCCCCCCCCC(=O)NCC(=O)NC(CO)C(=O)NC(CCC(N)=O)C(=O)N[C@@H](CC1CNC=N1)C(=O)N[C@@H](CO)C(=O)N[C@@H](CCCC)C(=O)N[C@H]1CCC(=O)CCNCCCC[C@@H](C(N)=O)NC(=O)[C@H](Cc2c[nH]c3ccccc23)NC(=O)[C@H](CCCNC(=N)N)NC(=O)[C@@H](Cc2ccccc2)NC(=O)[C@@H]2C[C@@H](O)CN2C1=O. The molecular weight excluding hydrogens is 1600 g/mol. The van der Waals surface area contributed by atoms with E-state index in [9.17, 15) is 72.9 Å². The molecule has 3 aromatic rings. The minimum atomic E-state index is -1.87. The van der Waals surface area contributed by atoms with Gasteiger partial charge in [0.05, 0.1) is 38.2 Å². The number of hydrogen-bond acceptors (Lipinski definition) is 22. The zero-order valence-corrected chi connectivity index (χ0v) is 71.5. The minimum Gasteiger partial charge on any atom is -0.394 e. The number of aromatic amines is 1. The number of amides is 14. The standard InChI is InChI=1S/C85H133N21O18/c1-3-5-7-8-9-10-11-12-13-14-15-16-20-33-72(112)94-48-73(113)96-68(50-107)81(121)100-63(36-37-71(86)111)77(117)103-67(44-55-47-91-52-95-55)80(120)105-69(51-108)82(122)99-61(29-6-4-2)75(115)101-64-35-34-56(109)38-41-90-39-24-23-31-60(74(87)114)97-79(119)66(43-54-46-93-59-30-22-21-28-58(54)59)102-76(116)62(32-25-40-92-85(88)89)98-78(118)65(42-53-26-18-17-19-27-53)104-83(123)70-45-57(110)49-106(70)84(64)124/h17-19,21-22,26-28,30,46,52,55,57,60-70,90,93,107-108,110H,3-16,20,23-25,29,31-45,47-51H2,1-2H3,(H2,86,111)(H2,87,114)(H,91,95)(H,94,112)(H,96,113)(H,97,119)(H,98,118)(H,99,122)(H,100,121)(H,101,115)(H,102,116)(H,103,117)(H,104,123)(H,105,120)(H4,88,89,92)/t55?,57-,60+,61+,62+,63?,64+,65-,66+,67+,68?,69+,70+/m1/s1. The molecule has 3 unspecified atom stereocenters. The number of aliphatic hydroxyl groups is 3. The first-order chi connectivity index (χ1) is 59.6. The number of H-pyrrole nitrogens is 1. The second-order valence-corrected chi connectivity index (χ2v) is 32.1. The van der Waals surface area contributed by atoms with Gasteiger partial charge in [-0.05, 0) is 81.5 Å². The van der Waals surface area contributed by atoms with Crippen molar-refractivity contribution in [3.05, 3.63) is 71.9 Å². The maximum absolute atomic E-state index is 15.3. The van der Waals surface area contributed by atoms with Crippen LogP contribution < -0.4 is 91.6 Å². The highest BCUT2D eigenvalue weighted by Crippen LogP contribution is 2.24. The predicted molar refractivity (Wildman–Crippen MR) is 462 cm³/mol. The first kappa shape index (κ1) is 102. The molecule has 25 N–H and O–H groups in total. The van der Waals surface area contributed by atoms with Crippen molar-refractivity contribution in [1.82, 2.24) is 84.3 Å². The fourth-order valence-corrected chi connectivity index (χ4v) is 14.9. The van der Waals surface area contributed by atoms with E-state index < -0.39 is 213 Å². The molecule has 4 heterocycles. The third kappa shape index (κ3) is 36.7. The number of aliphatic imine (C=N–C) groups is 1. The number of rotatable bonds is 46. The van der Waals surface area contributed by atoms with E-state index >= 15 is 14.4 Å². The molecule has 13 atom stereocenters. The minimum absolute atomic E-state index is 0.0556. The van der Waals surface area contributed by atoms with Crippen LogP contribution in [-0.4, -0.2) is 257 Å². The second kappa shape index (κ2) is 55.8. The molecule has 1 aromatic heterocycles.